The molecule has 0 aliphatic carbocycles. The van der Waals surface area contributed by atoms with Crippen molar-refractivity contribution in [2.45, 2.75) is 6.10 Å². The molecule has 0 radical (unpaired) electrons. The summed E-state index contributed by atoms with van der Waals surface area (Å²) in [7, 11) is 1.77. The summed E-state index contributed by atoms with van der Waals surface area (Å²) in [4.78, 5) is 0. The highest BCUT2D eigenvalue weighted by atomic mass is 16.5. The van der Waals surface area contributed by atoms with Crippen molar-refractivity contribution in [2.75, 3.05) is 13.2 Å². The molecule has 0 bridgehead atoms. The molecule has 1 heterocycles. The average Bonchev–Trinajstić information content (AvgIpc) is 2.54. The van der Waals surface area contributed by atoms with Crippen molar-refractivity contribution in [3.63, 3.8) is 0 Å². The molecule has 1 unspecified atom stereocenters. The van der Waals surface area contributed by atoms with Crippen LogP contribution < -0.4 is 0 Å². The van der Waals surface area contributed by atoms with E-state index in [1.54, 1.807) is 24.1 Å². The van der Waals surface area contributed by atoms with Crippen molar-refractivity contribution < 1.29 is 9.84 Å². The molecule has 1 aromatic rings. The van der Waals surface area contributed by atoms with Crippen LogP contribution in [0.3, 0.4) is 0 Å². The van der Waals surface area contributed by atoms with Crippen LogP contribution in [0.4, 0.5) is 0 Å². The molecule has 0 aliphatic heterocycles. The Hall–Kier alpha value is -1.38. The zero-order chi connectivity index (χ0) is 9.68. The lowest BCUT2D eigenvalue weighted by Crippen LogP contribution is -2.05. The molecule has 0 amide bonds. The van der Waals surface area contributed by atoms with Gasteiger partial charge in [0.15, 0.2) is 6.10 Å². The molecule has 0 aromatic carbocycles. The largest absolute Gasteiger partial charge is 0.394 e. The number of ether oxygens (including phenoxy) is 1. The van der Waals surface area contributed by atoms with E-state index < -0.39 is 6.10 Å². The van der Waals surface area contributed by atoms with Crippen LogP contribution in [0.1, 0.15) is 11.7 Å². The molecule has 13 heavy (non-hydrogen) atoms. The van der Waals surface area contributed by atoms with Gasteiger partial charge in [0, 0.05) is 18.8 Å². The van der Waals surface area contributed by atoms with E-state index in [-0.39, 0.29) is 13.2 Å². The highest BCUT2D eigenvalue weighted by Gasteiger charge is 2.11. The quantitative estimate of drug-likeness (QED) is 0.709. The van der Waals surface area contributed by atoms with Crippen LogP contribution in [0.2, 0.25) is 0 Å². The minimum Gasteiger partial charge on any atom is -0.394 e. The summed E-state index contributed by atoms with van der Waals surface area (Å²) in [5, 5.41) is 21.1. The fourth-order valence-corrected chi connectivity index (χ4v) is 0.954. The smallest absolute Gasteiger partial charge is 0.172 e. The Morgan fingerprint density at radius 3 is 3.08 bits per heavy atom. The second kappa shape index (κ2) is 4.60. The van der Waals surface area contributed by atoms with E-state index >= 15 is 0 Å². The monoisotopic (exact) mass is 181 g/mol. The highest BCUT2D eigenvalue weighted by Crippen LogP contribution is 2.14. The third-order valence-corrected chi connectivity index (χ3v) is 1.52. The van der Waals surface area contributed by atoms with Gasteiger partial charge in [-0.15, -0.1) is 0 Å². The van der Waals surface area contributed by atoms with Crippen molar-refractivity contribution in [3.05, 3.63) is 18.0 Å². The van der Waals surface area contributed by atoms with Gasteiger partial charge in [-0.3, -0.25) is 4.68 Å². The van der Waals surface area contributed by atoms with Gasteiger partial charge in [0.1, 0.15) is 0 Å². The number of aromatic nitrogens is 2. The van der Waals surface area contributed by atoms with E-state index in [4.69, 9.17) is 15.1 Å². The van der Waals surface area contributed by atoms with E-state index in [9.17, 15) is 0 Å². The minimum atomic E-state index is -0.638. The Kier molecular flexibility index (Phi) is 3.43. The molecule has 1 aromatic heterocycles. The number of nitriles is 1. The van der Waals surface area contributed by atoms with Crippen LogP contribution in [-0.4, -0.2) is 28.1 Å². The topological polar surface area (TPSA) is 71.1 Å². The Morgan fingerprint density at radius 1 is 1.85 bits per heavy atom. The van der Waals surface area contributed by atoms with Crippen molar-refractivity contribution in [3.8, 4) is 6.07 Å². The summed E-state index contributed by atoms with van der Waals surface area (Å²) in [5.74, 6) is 0. The van der Waals surface area contributed by atoms with E-state index in [0.717, 1.165) is 0 Å². The van der Waals surface area contributed by atoms with Crippen LogP contribution in [-0.2, 0) is 11.8 Å². The fraction of sp³-hybridized carbons (Fsp3) is 0.500. The molecule has 5 nitrogen and oxygen atoms in total. The van der Waals surface area contributed by atoms with Gasteiger partial charge in [0.2, 0.25) is 0 Å². The van der Waals surface area contributed by atoms with E-state index in [2.05, 4.69) is 5.10 Å². The molecular weight excluding hydrogens is 170 g/mol. The van der Waals surface area contributed by atoms with E-state index in [1.165, 1.54) is 0 Å². The first kappa shape index (κ1) is 9.71. The van der Waals surface area contributed by atoms with Gasteiger partial charge < -0.3 is 9.84 Å². The number of aryl methyl sites for hydroxylation is 1. The van der Waals surface area contributed by atoms with Crippen molar-refractivity contribution >= 4 is 0 Å². The van der Waals surface area contributed by atoms with Crippen LogP contribution in [0.25, 0.3) is 0 Å². The summed E-state index contributed by atoms with van der Waals surface area (Å²) in [6, 6.07) is 1.98. The normalized spacial score (nSPS) is 12.4. The molecule has 1 rings (SSSR count). The minimum absolute atomic E-state index is 0.0849. The maximum atomic E-state index is 8.72. The molecule has 0 fully saturated rings. The molecule has 0 saturated heterocycles. The summed E-state index contributed by atoms with van der Waals surface area (Å²) < 4.78 is 6.67. The van der Waals surface area contributed by atoms with Crippen LogP contribution in [0.5, 0.6) is 0 Å². The van der Waals surface area contributed by atoms with Crippen molar-refractivity contribution in [1.29, 1.82) is 5.26 Å². The molecule has 70 valence electrons. The molecule has 1 N–H and O–H groups in total. The first-order valence-electron chi connectivity index (χ1n) is 3.88. The molecule has 0 spiro atoms. The number of aliphatic hydroxyl groups is 1. The fourth-order valence-electron chi connectivity index (χ4n) is 0.954. The summed E-state index contributed by atoms with van der Waals surface area (Å²) in [6.07, 6.45) is 2.65. The van der Waals surface area contributed by atoms with Crippen LogP contribution >= 0.6 is 0 Å². The Bertz CT molecular complexity index is 303. The second-order valence-electron chi connectivity index (χ2n) is 2.55. The number of rotatable bonds is 4. The zero-order valence-electron chi connectivity index (χ0n) is 7.34. The first-order valence-corrected chi connectivity index (χ1v) is 3.88. The number of nitrogens with zero attached hydrogens (tertiary/aromatic N) is 3. The number of hydrogen-bond acceptors (Lipinski definition) is 4. The zero-order valence-corrected chi connectivity index (χ0v) is 7.34. The lowest BCUT2D eigenvalue weighted by Gasteiger charge is -2.06. The van der Waals surface area contributed by atoms with Gasteiger partial charge in [0.05, 0.1) is 25.5 Å². The van der Waals surface area contributed by atoms with Gasteiger partial charge in [-0.25, -0.2) is 0 Å². The SMILES string of the molecule is Cn1cc(C(C#N)OCCO)cn1. The van der Waals surface area contributed by atoms with Gasteiger partial charge in [-0.2, -0.15) is 10.4 Å². The summed E-state index contributed by atoms with van der Waals surface area (Å²) >= 11 is 0. The number of aliphatic hydroxyl groups excluding tert-OH is 1. The van der Waals surface area contributed by atoms with Crippen LogP contribution in [0, 0.1) is 11.3 Å². The Labute approximate surface area is 76.2 Å². The van der Waals surface area contributed by atoms with Gasteiger partial charge in [-0.05, 0) is 0 Å². The molecule has 0 aliphatic rings. The maximum absolute atomic E-state index is 8.72. The van der Waals surface area contributed by atoms with E-state index in [0.29, 0.717) is 5.56 Å². The molecule has 1 atom stereocenters. The van der Waals surface area contributed by atoms with Gasteiger partial charge in [-0.1, -0.05) is 0 Å². The third kappa shape index (κ3) is 2.54. The summed E-state index contributed by atoms with van der Waals surface area (Å²) in [6.45, 7) is 0.0750. The van der Waals surface area contributed by atoms with Crippen LogP contribution in [0.15, 0.2) is 12.4 Å². The molecule has 5 heteroatoms. The average molecular weight is 181 g/mol. The third-order valence-electron chi connectivity index (χ3n) is 1.52. The molecular formula is C8H11N3O2. The maximum Gasteiger partial charge on any atom is 0.172 e. The second-order valence-corrected chi connectivity index (χ2v) is 2.55. The Balaban J connectivity index is 2.63. The first-order chi connectivity index (χ1) is 6.27. The molecule has 0 saturated carbocycles. The van der Waals surface area contributed by atoms with Gasteiger partial charge >= 0.3 is 0 Å². The summed E-state index contributed by atoms with van der Waals surface area (Å²) in [5.41, 5.74) is 0.707. The number of hydrogen-bond donors (Lipinski definition) is 1. The highest BCUT2D eigenvalue weighted by molar-refractivity contribution is 5.15. The standard InChI is InChI=1S/C8H11N3O2/c1-11-6-7(5-10-11)8(4-9)13-3-2-12/h5-6,8,12H,2-3H2,1H3. The predicted molar refractivity (Wildman–Crippen MR) is 44.6 cm³/mol. The lowest BCUT2D eigenvalue weighted by molar-refractivity contribution is 0.0581. The van der Waals surface area contributed by atoms with Crippen molar-refractivity contribution in [2.24, 2.45) is 7.05 Å². The van der Waals surface area contributed by atoms with Crippen molar-refractivity contribution in [1.82, 2.24) is 9.78 Å². The van der Waals surface area contributed by atoms with Gasteiger partial charge in [0.25, 0.3) is 0 Å². The Morgan fingerprint density at radius 2 is 2.62 bits per heavy atom. The van der Waals surface area contributed by atoms with E-state index in [1.807, 2.05) is 6.07 Å². The lowest BCUT2D eigenvalue weighted by atomic mass is 10.2. The predicted octanol–water partition coefficient (Wildman–Crippen LogP) is -0.00632.